The minimum Gasteiger partial charge on any atom is -0.312 e. The zero-order valence-corrected chi connectivity index (χ0v) is 10.4. The lowest BCUT2D eigenvalue weighted by Gasteiger charge is -2.02. The number of aromatic nitrogens is 2. The summed E-state index contributed by atoms with van der Waals surface area (Å²) in [6, 6.07) is 0. The Balaban J connectivity index is 2.49. The Bertz CT molecular complexity index is 298. The summed E-state index contributed by atoms with van der Waals surface area (Å²) < 4.78 is 1.71. The normalized spacial score (nSPS) is 10.9. The highest BCUT2D eigenvalue weighted by molar-refractivity contribution is 7.98. The van der Waals surface area contributed by atoms with Gasteiger partial charge in [-0.05, 0) is 13.2 Å². The molecule has 1 rings (SSSR count). The van der Waals surface area contributed by atoms with Gasteiger partial charge in [0.25, 0.3) is 0 Å². The number of hydrogen-bond acceptors (Lipinski definition) is 3. The number of rotatable bonds is 5. The van der Waals surface area contributed by atoms with Crippen molar-refractivity contribution in [1.82, 2.24) is 15.1 Å². The van der Waals surface area contributed by atoms with Crippen molar-refractivity contribution < 1.29 is 0 Å². The van der Waals surface area contributed by atoms with Gasteiger partial charge in [0.2, 0.25) is 0 Å². The molecule has 1 N–H and O–H groups in total. The molecule has 0 fully saturated rings. The molecule has 0 bridgehead atoms. The molecule has 14 heavy (non-hydrogen) atoms. The van der Waals surface area contributed by atoms with Crippen LogP contribution in [0.4, 0.5) is 0 Å². The SMILES string of the molecule is CSCCNCc1c(C)nn(C)c1Cl. The van der Waals surface area contributed by atoms with E-state index in [-0.39, 0.29) is 0 Å². The molecule has 5 heteroatoms. The summed E-state index contributed by atoms with van der Waals surface area (Å²) in [5, 5.41) is 8.32. The number of hydrogen-bond donors (Lipinski definition) is 1. The number of thioether (sulfide) groups is 1. The van der Waals surface area contributed by atoms with Gasteiger partial charge in [-0.3, -0.25) is 4.68 Å². The minimum absolute atomic E-state index is 0.735. The highest BCUT2D eigenvalue weighted by Crippen LogP contribution is 2.17. The highest BCUT2D eigenvalue weighted by Gasteiger charge is 2.09. The number of nitrogens with zero attached hydrogens (tertiary/aromatic N) is 2. The lowest BCUT2D eigenvalue weighted by molar-refractivity contribution is 0.728. The molecule has 3 nitrogen and oxygen atoms in total. The number of aryl methyl sites for hydroxylation is 2. The van der Waals surface area contributed by atoms with Crippen LogP contribution in [0.25, 0.3) is 0 Å². The molecule has 0 amide bonds. The van der Waals surface area contributed by atoms with Gasteiger partial charge in [0.05, 0.1) is 5.69 Å². The smallest absolute Gasteiger partial charge is 0.131 e. The fourth-order valence-electron chi connectivity index (χ4n) is 1.26. The van der Waals surface area contributed by atoms with Crippen LogP contribution in [-0.4, -0.2) is 28.3 Å². The van der Waals surface area contributed by atoms with Gasteiger partial charge in [-0.25, -0.2) is 0 Å². The summed E-state index contributed by atoms with van der Waals surface area (Å²) >= 11 is 7.92. The Morgan fingerprint density at radius 2 is 2.29 bits per heavy atom. The fraction of sp³-hybridized carbons (Fsp3) is 0.667. The third-order valence-corrected chi connectivity index (χ3v) is 3.14. The van der Waals surface area contributed by atoms with Gasteiger partial charge >= 0.3 is 0 Å². The molecule has 0 aromatic carbocycles. The molecule has 1 aromatic rings. The van der Waals surface area contributed by atoms with Crippen molar-refractivity contribution in [2.24, 2.45) is 7.05 Å². The summed E-state index contributed by atoms with van der Waals surface area (Å²) in [5.41, 5.74) is 2.12. The molecular weight excluding hydrogens is 218 g/mol. The minimum atomic E-state index is 0.735. The van der Waals surface area contributed by atoms with Crippen LogP contribution in [0.5, 0.6) is 0 Å². The first-order chi connectivity index (χ1) is 6.66. The Morgan fingerprint density at radius 3 is 2.79 bits per heavy atom. The summed E-state index contributed by atoms with van der Waals surface area (Å²) in [6.07, 6.45) is 2.10. The van der Waals surface area contributed by atoms with Gasteiger partial charge in [0.15, 0.2) is 0 Å². The molecule has 0 aliphatic carbocycles. The predicted octanol–water partition coefficient (Wildman–Crippen LogP) is 1.83. The van der Waals surface area contributed by atoms with E-state index in [1.807, 2.05) is 25.7 Å². The molecule has 0 aliphatic heterocycles. The maximum absolute atomic E-state index is 6.08. The van der Waals surface area contributed by atoms with Crippen LogP contribution >= 0.6 is 23.4 Å². The van der Waals surface area contributed by atoms with Crippen molar-refractivity contribution >= 4 is 23.4 Å². The molecule has 0 saturated carbocycles. The van der Waals surface area contributed by atoms with E-state index in [2.05, 4.69) is 16.7 Å². The molecule has 0 aliphatic rings. The van der Waals surface area contributed by atoms with Gasteiger partial charge in [0.1, 0.15) is 5.15 Å². The van der Waals surface area contributed by atoms with Gasteiger partial charge in [0, 0.05) is 31.5 Å². The molecule has 0 spiro atoms. The summed E-state index contributed by atoms with van der Waals surface area (Å²) in [4.78, 5) is 0. The van der Waals surface area contributed by atoms with Crippen LogP contribution in [0.1, 0.15) is 11.3 Å². The van der Waals surface area contributed by atoms with E-state index in [0.717, 1.165) is 35.3 Å². The van der Waals surface area contributed by atoms with Crippen molar-refractivity contribution in [3.8, 4) is 0 Å². The largest absolute Gasteiger partial charge is 0.312 e. The molecule has 1 heterocycles. The maximum atomic E-state index is 6.08. The lowest BCUT2D eigenvalue weighted by atomic mass is 10.2. The van der Waals surface area contributed by atoms with Gasteiger partial charge in [-0.1, -0.05) is 11.6 Å². The topological polar surface area (TPSA) is 29.9 Å². The van der Waals surface area contributed by atoms with E-state index in [4.69, 9.17) is 11.6 Å². The fourth-order valence-corrected chi connectivity index (χ4v) is 1.85. The van der Waals surface area contributed by atoms with E-state index in [9.17, 15) is 0 Å². The first-order valence-corrected chi connectivity index (χ1v) is 6.31. The van der Waals surface area contributed by atoms with Crippen LogP contribution < -0.4 is 5.32 Å². The van der Waals surface area contributed by atoms with E-state index in [0.29, 0.717) is 0 Å². The average Bonchev–Trinajstić information content (AvgIpc) is 2.38. The van der Waals surface area contributed by atoms with Crippen molar-refractivity contribution in [1.29, 1.82) is 0 Å². The zero-order valence-electron chi connectivity index (χ0n) is 8.80. The number of nitrogens with one attached hydrogen (secondary N) is 1. The van der Waals surface area contributed by atoms with E-state index in [1.165, 1.54) is 0 Å². The van der Waals surface area contributed by atoms with Gasteiger partial charge in [-0.2, -0.15) is 16.9 Å². The zero-order chi connectivity index (χ0) is 10.6. The molecule has 0 saturated heterocycles. The van der Waals surface area contributed by atoms with Crippen molar-refractivity contribution in [2.75, 3.05) is 18.6 Å². The van der Waals surface area contributed by atoms with Crippen LogP contribution in [0, 0.1) is 6.92 Å². The van der Waals surface area contributed by atoms with Crippen molar-refractivity contribution in [3.05, 3.63) is 16.4 Å². The second kappa shape index (κ2) is 5.63. The standard InChI is InChI=1S/C9H16ClN3S/c1-7-8(6-11-4-5-14-3)9(10)13(2)12-7/h11H,4-6H2,1-3H3. The lowest BCUT2D eigenvalue weighted by Crippen LogP contribution is -2.16. The summed E-state index contributed by atoms with van der Waals surface area (Å²) in [7, 11) is 1.86. The average molecular weight is 234 g/mol. The van der Waals surface area contributed by atoms with E-state index < -0.39 is 0 Å². The first-order valence-electron chi connectivity index (χ1n) is 4.54. The molecule has 1 aromatic heterocycles. The van der Waals surface area contributed by atoms with E-state index in [1.54, 1.807) is 4.68 Å². The third-order valence-electron chi connectivity index (χ3n) is 2.05. The van der Waals surface area contributed by atoms with E-state index >= 15 is 0 Å². The molecule has 0 unspecified atom stereocenters. The Kier molecular flexibility index (Phi) is 4.78. The van der Waals surface area contributed by atoms with Crippen LogP contribution in [0.15, 0.2) is 0 Å². The summed E-state index contributed by atoms with van der Waals surface area (Å²) in [5.74, 6) is 1.12. The molecule has 0 radical (unpaired) electrons. The molecule has 80 valence electrons. The Hall–Kier alpha value is -0.190. The van der Waals surface area contributed by atoms with Crippen molar-refractivity contribution in [2.45, 2.75) is 13.5 Å². The molecule has 0 atom stereocenters. The van der Waals surface area contributed by atoms with Crippen molar-refractivity contribution in [3.63, 3.8) is 0 Å². The predicted molar refractivity (Wildman–Crippen MR) is 63.0 cm³/mol. The van der Waals surface area contributed by atoms with Crippen LogP contribution in [-0.2, 0) is 13.6 Å². The van der Waals surface area contributed by atoms with Gasteiger partial charge < -0.3 is 5.32 Å². The number of halogens is 1. The van der Waals surface area contributed by atoms with Crippen LogP contribution in [0.3, 0.4) is 0 Å². The first kappa shape index (κ1) is 11.9. The second-order valence-corrected chi connectivity index (χ2v) is 4.49. The van der Waals surface area contributed by atoms with Crippen LogP contribution in [0.2, 0.25) is 5.15 Å². The third kappa shape index (κ3) is 2.90. The maximum Gasteiger partial charge on any atom is 0.131 e. The Morgan fingerprint density at radius 1 is 1.57 bits per heavy atom. The molecular formula is C9H16ClN3S. The second-order valence-electron chi connectivity index (χ2n) is 3.15. The Labute approximate surface area is 94.2 Å². The monoisotopic (exact) mass is 233 g/mol. The van der Waals surface area contributed by atoms with Gasteiger partial charge in [-0.15, -0.1) is 0 Å². The quantitative estimate of drug-likeness (QED) is 0.788. The summed E-state index contributed by atoms with van der Waals surface area (Å²) in [6.45, 7) is 3.79. The highest BCUT2D eigenvalue weighted by atomic mass is 35.5.